The smallest absolute Gasteiger partial charge is 0.229 e. The number of fused-ring (bicyclic) bond motifs is 1. The van der Waals surface area contributed by atoms with Crippen molar-refractivity contribution in [2.24, 2.45) is 5.92 Å². The molecule has 3 aromatic rings. The average Bonchev–Trinajstić information content (AvgIpc) is 3.39. The fourth-order valence-corrected chi connectivity index (χ4v) is 4.79. The second kappa shape index (κ2) is 8.32. The third-order valence-corrected chi connectivity index (χ3v) is 6.49. The molecule has 0 amide bonds. The molecule has 0 radical (unpaired) electrons. The fourth-order valence-electron chi connectivity index (χ4n) is 4.79. The first-order valence-electron chi connectivity index (χ1n) is 10.9. The van der Waals surface area contributed by atoms with Crippen LogP contribution in [-0.4, -0.2) is 38.8 Å². The Hall–Kier alpha value is -2.51. The molecule has 0 bridgehead atoms. The molecule has 7 heteroatoms. The van der Waals surface area contributed by atoms with Gasteiger partial charge >= 0.3 is 0 Å². The Morgan fingerprint density at radius 1 is 1.13 bits per heavy atom. The van der Waals surface area contributed by atoms with E-state index in [1.54, 1.807) is 12.1 Å². The number of anilines is 2. The fraction of sp³-hybridized carbons (Fsp3) is 0.478. The zero-order valence-electron chi connectivity index (χ0n) is 17.0. The maximum absolute atomic E-state index is 13.2. The Balaban J connectivity index is 1.49. The third kappa shape index (κ3) is 4.04. The number of halogens is 1. The summed E-state index contributed by atoms with van der Waals surface area (Å²) < 4.78 is 15.5. The molecule has 1 atom stereocenters. The molecule has 6 nitrogen and oxygen atoms in total. The second-order valence-corrected chi connectivity index (χ2v) is 8.65. The quantitative estimate of drug-likeness (QED) is 0.595. The van der Waals surface area contributed by atoms with Crippen LogP contribution >= 0.6 is 0 Å². The minimum atomic E-state index is -0.267. The van der Waals surface area contributed by atoms with Gasteiger partial charge in [-0.05, 0) is 87.4 Å². The van der Waals surface area contributed by atoms with Gasteiger partial charge in [0.1, 0.15) is 11.5 Å². The van der Waals surface area contributed by atoms with Gasteiger partial charge in [-0.2, -0.15) is 4.98 Å². The van der Waals surface area contributed by atoms with Gasteiger partial charge in [-0.15, -0.1) is 0 Å². The number of benzene rings is 1. The number of hydrogen-bond acceptors (Lipinski definition) is 5. The Morgan fingerprint density at radius 2 is 1.93 bits per heavy atom. The summed E-state index contributed by atoms with van der Waals surface area (Å²) in [6.07, 6.45) is 9.81. The van der Waals surface area contributed by atoms with Crippen LogP contribution in [0, 0.1) is 11.7 Å². The van der Waals surface area contributed by atoms with Crippen molar-refractivity contribution in [2.45, 2.75) is 50.7 Å². The molecular weight excluding hydrogens is 381 g/mol. The molecule has 5 rings (SSSR count). The molecule has 1 aliphatic heterocycles. The van der Waals surface area contributed by atoms with Crippen molar-refractivity contribution in [3.8, 4) is 0 Å². The van der Waals surface area contributed by atoms with Gasteiger partial charge in [0.15, 0.2) is 0 Å². The van der Waals surface area contributed by atoms with Crippen LogP contribution in [0.1, 0.15) is 43.7 Å². The first kappa shape index (κ1) is 19.5. The van der Waals surface area contributed by atoms with Crippen molar-refractivity contribution in [2.75, 3.05) is 18.4 Å². The van der Waals surface area contributed by atoms with Crippen LogP contribution in [-0.2, 0) is 6.42 Å². The average molecular weight is 410 g/mol. The van der Waals surface area contributed by atoms with Gasteiger partial charge in [0.2, 0.25) is 5.95 Å². The predicted octanol–water partition coefficient (Wildman–Crippen LogP) is 3.94. The highest BCUT2D eigenvalue weighted by Crippen LogP contribution is 2.34. The summed E-state index contributed by atoms with van der Waals surface area (Å²) in [5.41, 5.74) is 3.00. The van der Waals surface area contributed by atoms with Gasteiger partial charge < -0.3 is 20.3 Å². The largest absolute Gasteiger partial charge is 0.393 e. The number of rotatable bonds is 5. The highest BCUT2D eigenvalue weighted by molar-refractivity contribution is 5.81. The molecule has 3 N–H and O–H groups in total. The van der Waals surface area contributed by atoms with E-state index in [1.165, 1.54) is 24.1 Å². The van der Waals surface area contributed by atoms with E-state index in [9.17, 15) is 9.50 Å². The summed E-state index contributed by atoms with van der Waals surface area (Å²) in [6, 6.07) is 6.56. The number of hydrogen-bond donors (Lipinski definition) is 3. The standard InChI is InChI=1S/C23H28FN5O/c24-17-1-3-18(4-2-17)27-23-26-13-21-16(11-15-9-10-25-12-15)14-29(22(21)28-23)19-5-7-20(30)8-6-19/h1-4,13-15,19-20,25,30H,5-12H2,(H,26,27,28). The maximum Gasteiger partial charge on any atom is 0.229 e. The molecule has 30 heavy (non-hydrogen) atoms. The van der Waals surface area contributed by atoms with Crippen LogP contribution in [0.25, 0.3) is 11.0 Å². The number of aliphatic hydroxyl groups excluding tert-OH is 1. The first-order valence-corrected chi connectivity index (χ1v) is 10.9. The van der Waals surface area contributed by atoms with Crippen molar-refractivity contribution in [1.82, 2.24) is 19.9 Å². The molecule has 1 unspecified atom stereocenters. The summed E-state index contributed by atoms with van der Waals surface area (Å²) >= 11 is 0. The second-order valence-electron chi connectivity index (χ2n) is 8.65. The minimum absolute atomic E-state index is 0.183. The van der Waals surface area contributed by atoms with Gasteiger partial charge in [-0.25, -0.2) is 9.37 Å². The predicted molar refractivity (Wildman–Crippen MR) is 115 cm³/mol. The van der Waals surface area contributed by atoms with Crippen LogP contribution in [0.2, 0.25) is 0 Å². The normalized spacial score (nSPS) is 24.4. The van der Waals surface area contributed by atoms with Crippen molar-refractivity contribution >= 4 is 22.7 Å². The van der Waals surface area contributed by atoms with Crippen molar-refractivity contribution < 1.29 is 9.50 Å². The lowest BCUT2D eigenvalue weighted by Gasteiger charge is -2.27. The Morgan fingerprint density at radius 3 is 2.67 bits per heavy atom. The zero-order valence-corrected chi connectivity index (χ0v) is 17.0. The van der Waals surface area contributed by atoms with Gasteiger partial charge in [-0.3, -0.25) is 0 Å². The van der Waals surface area contributed by atoms with Crippen LogP contribution in [0.5, 0.6) is 0 Å². The van der Waals surface area contributed by atoms with Gasteiger partial charge in [0.25, 0.3) is 0 Å². The molecule has 1 aromatic carbocycles. The van der Waals surface area contributed by atoms with Crippen LogP contribution < -0.4 is 10.6 Å². The molecule has 1 aliphatic carbocycles. The van der Waals surface area contributed by atoms with E-state index in [0.29, 0.717) is 17.9 Å². The van der Waals surface area contributed by atoms with Crippen LogP contribution in [0.4, 0.5) is 16.0 Å². The lowest BCUT2D eigenvalue weighted by molar-refractivity contribution is 0.111. The molecule has 2 aromatic heterocycles. The molecule has 0 spiro atoms. The van der Waals surface area contributed by atoms with E-state index in [-0.39, 0.29) is 11.9 Å². The van der Waals surface area contributed by atoms with E-state index in [1.807, 2.05) is 6.20 Å². The molecular formula is C23H28FN5O. The topological polar surface area (TPSA) is 75.0 Å². The summed E-state index contributed by atoms with van der Waals surface area (Å²) in [6.45, 7) is 2.15. The van der Waals surface area contributed by atoms with E-state index in [2.05, 4.69) is 26.4 Å². The summed E-state index contributed by atoms with van der Waals surface area (Å²) in [5.74, 6) is 0.893. The Kier molecular flexibility index (Phi) is 5.39. The first-order chi connectivity index (χ1) is 14.7. The van der Waals surface area contributed by atoms with Crippen LogP contribution in [0.3, 0.4) is 0 Å². The number of nitrogens with one attached hydrogen (secondary N) is 2. The van der Waals surface area contributed by atoms with Crippen molar-refractivity contribution in [1.29, 1.82) is 0 Å². The lowest BCUT2D eigenvalue weighted by atomic mass is 9.93. The van der Waals surface area contributed by atoms with Crippen LogP contribution in [0.15, 0.2) is 36.7 Å². The highest BCUT2D eigenvalue weighted by Gasteiger charge is 2.25. The monoisotopic (exact) mass is 409 g/mol. The lowest BCUT2D eigenvalue weighted by Crippen LogP contribution is -2.21. The van der Waals surface area contributed by atoms with Crippen molar-refractivity contribution in [3.63, 3.8) is 0 Å². The minimum Gasteiger partial charge on any atom is -0.393 e. The Labute approximate surface area is 175 Å². The number of aliphatic hydroxyl groups is 1. The Bertz CT molecular complexity index is 1000. The van der Waals surface area contributed by atoms with E-state index in [4.69, 9.17) is 4.98 Å². The third-order valence-electron chi connectivity index (χ3n) is 6.49. The molecule has 1 saturated heterocycles. The molecule has 158 valence electrons. The SMILES string of the molecule is OC1CCC(n2cc(CC3CCNC3)c3cnc(Nc4ccc(F)cc4)nc32)CC1. The van der Waals surface area contributed by atoms with Gasteiger partial charge in [0, 0.05) is 29.5 Å². The summed E-state index contributed by atoms with van der Waals surface area (Å²) in [4.78, 5) is 9.40. The zero-order chi connectivity index (χ0) is 20.5. The number of aromatic nitrogens is 3. The summed E-state index contributed by atoms with van der Waals surface area (Å²) in [7, 11) is 0. The van der Waals surface area contributed by atoms with Gasteiger partial charge in [0.05, 0.1) is 6.10 Å². The van der Waals surface area contributed by atoms with E-state index < -0.39 is 0 Å². The molecule has 2 fully saturated rings. The van der Waals surface area contributed by atoms with E-state index >= 15 is 0 Å². The molecule has 1 saturated carbocycles. The van der Waals surface area contributed by atoms with Crippen molar-refractivity contribution in [3.05, 3.63) is 48.0 Å². The summed E-state index contributed by atoms with van der Waals surface area (Å²) in [5, 5.41) is 17.7. The van der Waals surface area contributed by atoms with E-state index in [0.717, 1.165) is 61.9 Å². The van der Waals surface area contributed by atoms with Gasteiger partial charge in [-0.1, -0.05) is 0 Å². The molecule has 2 aliphatic rings. The highest BCUT2D eigenvalue weighted by atomic mass is 19.1. The number of nitrogens with zero attached hydrogens (tertiary/aromatic N) is 3. The molecule has 3 heterocycles. The maximum atomic E-state index is 13.2.